The van der Waals surface area contributed by atoms with Crippen LogP contribution < -0.4 is 4.72 Å². The Labute approximate surface area is 179 Å². The van der Waals surface area contributed by atoms with Gasteiger partial charge in [0.1, 0.15) is 0 Å². The van der Waals surface area contributed by atoms with Crippen molar-refractivity contribution in [1.29, 1.82) is 0 Å². The summed E-state index contributed by atoms with van der Waals surface area (Å²) in [6.07, 6.45) is 7.32. The van der Waals surface area contributed by atoms with Crippen molar-refractivity contribution in [3.05, 3.63) is 58.5 Å². The minimum absolute atomic E-state index is 0.212. The van der Waals surface area contributed by atoms with Crippen LogP contribution in [-0.4, -0.2) is 46.6 Å². The van der Waals surface area contributed by atoms with Gasteiger partial charge >= 0.3 is 0 Å². The lowest BCUT2D eigenvalue weighted by atomic mass is 9.98. The average molecular weight is 448 g/mol. The molecule has 10 heteroatoms. The average Bonchev–Trinajstić information content (AvgIpc) is 3.11. The molecule has 3 heterocycles. The van der Waals surface area contributed by atoms with Crippen molar-refractivity contribution < 1.29 is 13.2 Å². The molecular formula is C20H22ClN5O3S. The monoisotopic (exact) mass is 447 g/mol. The fourth-order valence-corrected chi connectivity index (χ4v) is 4.52. The molecule has 1 atom stereocenters. The predicted octanol–water partition coefficient (Wildman–Crippen LogP) is 3.43. The largest absolute Gasteiger partial charge is 0.330 e. The molecule has 0 aliphatic carbocycles. The Morgan fingerprint density at radius 2 is 2.07 bits per heavy atom. The number of anilines is 1. The second-order valence-corrected chi connectivity index (χ2v) is 9.76. The number of halogens is 1. The Balaban J connectivity index is 1.72. The molecule has 0 bridgehead atoms. The number of likely N-dealkylation sites (tertiary alicyclic amines) is 1. The van der Waals surface area contributed by atoms with Crippen LogP contribution in [0.4, 0.5) is 5.69 Å². The molecule has 8 nitrogen and oxygen atoms in total. The van der Waals surface area contributed by atoms with Gasteiger partial charge in [-0.25, -0.2) is 17.9 Å². The number of aromatic nitrogens is 3. The molecular weight excluding hydrogens is 426 g/mol. The highest BCUT2D eigenvalue weighted by Crippen LogP contribution is 2.34. The van der Waals surface area contributed by atoms with E-state index in [1.165, 1.54) is 12.1 Å². The molecule has 1 aliphatic heterocycles. The first-order chi connectivity index (χ1) is 14.2. The Morgan fingerprint density at radius 1 is 1.27 bits per heavy atom. The van der Waals surface area contributed by atoms with Gasteiger partial charge in [0.15, 0.2) is 5.65 Å². The molecule has 1 N–H and O–H groups in total. The van der Waals surface area contributed by atoms with Crippen LogP contribution in [-0.2, 0) is 10.0 Å². The quantitative estimate of drug-likeness (QED) is 0.660. The minimum Gasteiger partial charge on any atom is -0.330 e. The summed E-state index contributed by atoms with van der Waals surface area (Å²) in [5.41, 5.74) is 2.90. The number of carbonyl (C=O) groups excluding carboxylic acids is 1. The number of carbonyl (C=O) groups is 1. The summed E-state index contributed by atoms with van der Waals surface area (Å²) in [5, 5.41) is 5.01. The van der Waals surface area contributed by atoms with E-state index in [-0.39, 0.29) is 23.2 Å². The SMILES string of the molecule is Cc1cnc2cc([C@@H]3CCCCN3C(=O)c3cc(Cl)ccc3NS(C)(=O)=O)nn2c1. The van der Waals surface area contributed by atoms with Gasteiger partial charge in [0.05, 0.1) is 29.2 Å². The Kier molecular flexibility index (Phi) is 5.42. The minimum atomic E-state index is -3.55. The van der Waals surface area contributed by atoms with Crippen LogP contribution in [0.3, 0.4) is 0 Å². The van der Waals surface area contributed by atoms with Gasteiger partial charge in [-0.3, -0.25) is 9.52 Å². The molecule has 1 aliphatic rings. The Bertz CT molecular complexity index is 1220. The third-order valence-electron chi connectivity index (χ3n) is 5.07. The number of sulfonamides is 1. The number of amides is 1. The number of fused-ring (bicyclic) bond motifs is 1. The van der Waals surface area contributed by atoms with Gasteiger partial charge in [-0.05, 0) is 49.9 Å². The summed E-state index contributed by atoms with van der Waals surface area (Å²) in [6.45, 7) is 2.49. The third-order valence-corrected chi connectivity index (χ3v) is 5.90. The van der Waals surface area contributed by atoms with E-state index in [4.69, 9.17) is 11.6 Å². The van der Waals surface area contributed by atoms with E-state index in [1.54, 1.807) is 21.7 Å². The van der Waals surface area contributed by atoms with Crippen molar-refractivity contribution in [2.24, 2.45) is 0 Å². The van der Waals surface area contributed by atoms with Gasteiger partial charge in [0.2, 0.25) is 10.0 Å². The van der Waals surface area contributed by atoms with E-state index in [9.17, 15) is 13.2 Å². The highest BCUT2D eigenvalue weighted by atomic mass is 35.5. The van der Waals surface area contributed by atoms with Crippen LogP contribution in [0.5, 0.6) is 0 Å². The van der Waals surface area contributed by atoms with Gasteiger partial charge in [0.25, 0.3) is 5.91 Å². The zero-order chi connectivity index (χ0) is 21.5. The molecule has 0 radical (unpaired) electrons. The molecule has 1 aromatic carbocycles. The number of rotatable bonds is 4. The maximum Gasteiger partial charge on any atom is 0.256 e. The number of hydrogen-bond donors (Lipinski definition) is 1. The van der Waals surface area contributed by atoms with Crippen LogP contribution in [0.2, 0.25) is 5.02 Å². The predicted molar refractivity (Wildman–Crippen MR) is 115 cm³/mol. The Morgan fingerprint density at radius 3 is 2.83 bits per heavy atom. The van der Waals surface area contributed by atoms with Crippen LogP contribution in [0.15, 0.2) is 36.7 Å². The van der Waals surface area contributed by atoms with Crippen LogP contribution in [0, 0.1) is 6.92 Å². The molecule has 1 saturated heterocycles. The maximum atomic E-state index is 13.5. The van der Waals surface area contributed by atoms with E-state index in [2.05, 4.69) is 14.8 Å². The summed E-state index contributed by atoms with van der Waals surface area (Å²) in [6, 6.07) is 6.22. The lowest BCUT2D eigenvalue weighted by Crippen LogP contribution is -2.39. The molecule has 0 saturated carbocycles. The van der Waals surface area contributed by atoms with Crippen LogP contribution in [0.25, 0.3) is 5.65 Å². The molecule has 0 unspecified atom stereocenters. The molecule has 1 amide bonds. The molecule has 158 valence electrons. The summed E-state index contributed by atoms with van der Waals surface area (Å²) in [7, 11) is -3.55. The maximum absolute atomic E-state index is 13.5. The lowest BCUT2D eigenvalue weighted by Gasteiger charge is -2.35. The van der Waals surface area contributed by atoms with Crippen molar-refractivity contribution >= 4 is 38.9 Å². The zero-order valence-electron chi connectivity index (χ0n) is 16.7. The zero-order valence-corrected chi connectivity index (χ0v) is 18.2. The fourth-order valence-electron chi connectivity index (χ4n) is 3.77. The number of aryl methyl sites for hydroxylation is 1. The smallest absolute Gasteiger partial charge is 0.256 e. The van der Waals surface area contributed by atoms with Crippen molar-refractivity contribution in [3.63, 3.8) is 0 Å². The number of hydrogen-bond acceptors (Lipinski definition) is 5. The van der Waals surface area contributed by atoms with Crippen molar-refractivity contribution in [1.82, 2.24) is 19.5 Å². The molecule has 30 heavy (non-hydrogen) atoms. The normalized spacial score (nSPS) is 17.3. The van der Waals surface area contributed by atoms with Crippen molar-refractivity contribution in [2.45, 2.75) is 32.2 Å². The molecule has 4 rings (SSSR count). The molecule has 0 spiro atoms. The summed E-state index contributed by atoms with van der Waals surface area (Å²) in [5.74, 6) is -0.283. The van der Waals surface area contributed by atoms with Gasteiger partial charge in [-0.1, -0.05) is 11.6 Å². The lowest BCUT2D eigenvalue weighted by molar-refractivity contribution is 0.0607. The fraction of sp³-hybridized carbons (Fsp3) is 0.350. The van der Waals surface area contributed by atoms with E-state index in [1.807, 2.05) is 19.2 Å². The first-order valence-electron chi connectivity index (χ1n) is 9.61. The van der Waals surface area contributed by atoms with E-state index >= 15 is 0 Å². The molecule has 3 aromatic rings. The van der Waals surface area contributed by atoms with Gasteiger partial charge in [0, 0.05) is 30.0 Å². The van der Waals surface area contributed by atoms with E-state index < -0.39 is 10.0 Å². The van der Waals surface area contributed by atoms with Gasteiger partial charge in [-0.2, -0.15) is 5.10 Å². The number of nitrogens with zero attached hydrogens (tertiary/aromatic N) is 4. The summed E-state index contributed by atoms with van der Waals surface area (Å²) in [4.78, 5) is 19.6. The first-order valence-corrected chi connectivity index (χ1v) is 11.9. The topological polar surface area (TPSA) is 96.7 Å². The number of benzene rings is 1. The van der Waals surface area contributed by atoms with Gasteiger partial charge in [-0.15, -0.1) is 0 Å². The highest BCUT2D eigenvalue weighted by molar-refractivity contribution is 7.92. The molecule has 1 fully saturated rings. The molecule has 2 aromatic heterocycles. The van der Waals surface area contributed by atoms with Crippen LogP contribution >= 0.6 is 11.6 Å². The van der Waals surface area contributed by atoms with E-state index in [0.717, 1.165) is 42.4 Å². The van der Waals surface area contributed by atoms with Gasteiger partial charge < -0.3 is 4.90 Å². The second-order valence-electron chi connectivity index (χ2n) is 7.58. The Hall–Kier alpha value is -2.65. The van der Waals surface area contributed by atoms with Crippen LogP contribution in [0.1, 0.15) is 46.9 Å². The number of nitrogens with one attached hydrogen (secondary N) is 1. The standard InChI is InChI=1S/C20H22ClN5O3S/c1-13-11-22-19-10-17(23-26(19)12-13)18-5-3-4-8-25(18)20(27)15-9-14(21)6-7-16(15)24-30(2,28)29/h6-7,9-12,18,24H,3-5,8H2,1-2H3/t18-/m0/s1. The third kappa shape index (κ3) is 4.27. The summed E-state index contributed by atoms with van der Waals surface area (Å²) < 4.78 is 27.7. The second kappa shape index (κ2) is 7.88. The first kappa shape index (κ1) is 20.6. The summed E-state index contributed by atoms with van der Waals surface area (Å²) >= 11 is 6.12. The van der Waals surface area contributed by atoms with Crippen molar-refractivity contribution in [3.8, 4) is 0 Å². The highest BCUT2D eigenvalue weighted by Gasteiger charge is 2.32. The number of piperidine rings is 1. The van der Waals surface area contributed by atoms with E-state index in [0.29, 0.717) is 11.6 Å². The van der Waals surface area contributed by atoms with Crippen molar-refractivity contribution in [2.75, 3.05) is 17.5 Å².